The highest BCUT2D eigenvalue weighted by Gasteiger charge is 2.14. The van der Waals surface area contributed by atoms with E-state index >= 15 is 0 Å². The highest BCUT2D eigenvalue weighted by atomic mass is 16.4. The van der Waals surface area contributed by atoms with E-state index in [1.807, 2.05) is 6.92 Å². The summed E-state index contributed by atoms with van der Waals surface area (Å²) in [4.78, 5) is 27.1. The number of amides is 1. The van der Waals surface area contributed by atoms with Crippen LogP contribution < -0.4 is 5.32 Å². The molecule has 7 heteroatoms. The first kappa shape index (κ1) is 14.7. The molecule has 2 aromatic heterocycles. The van der Waals surface area contributed by atoms with Gasteiger partial charge in [-0.3, -0.25) is 9.48 Å². The Hall–Kier alpha value is -2.70. The Morgan fingerprint density at radius 1 is 1.29 bits per heavy atom. The van der Waals surface area contributed by atoms with Gasteiger partial charge in [0.25, 0.3) is 5.91 Å². The average Bonchev–Trinajstić information content (AvgIpc) is 2.72. The zero-order valence-corrected chi connectivity index (χ0v) is 12.3. The molecule has 0 saturated heterocycles. The standard InChI is InChI=1S/C14H16N4O3/c1-7(8(2)14(20)21)13(19)16-10-5-11-9(3)17-18(4)12(11)15-6-10/h5-6H,1-4H3,(H,16,19)(H,20,21). The third-order valence-electron chi connectivity index (χ3n) is 3.34. The van der Waals surface area contributed by atoms with Gasteiger partial charge in [0.1, 0.15) is 0 Å². The van der Waals surface area contributed by atoms with Gasteiger partial charge in [0.2, 0.25) is 0 Å². The van der Waals surface area contributed by atoms with Crippen LogP contribution in [0, 0.1) is 6.92 Å². The lowest BCUT2D eigenvalue weighted by atomic mass is 10.1. The Bertz CT molecular complexity index is 774. The highest BCUT2D eigenvalue weighted by Crippen LogP contribution is 2.19. The van der Waals surface area contributed by atoms with Crippen molar-refractivity contribution < 1.29 is 14.7 Å². The topological polar surface area (TPSA) is 97.1 Å². The normalized spacial score (nSPS) is 12.2. The molecule has 7 nitrogen and oxygen atoms in total. The zero-order valence-electron chi connectivity index (χ0n) is 12.3. The van der Waals surface area contributed by atoms with Gasteiger partial charge in [0.05, 0.1) is 17.6 Å². The monoisotopic (exact) mass is 288 g/mol. The second-order valence-corrected chi connectivity index (χ2v) is 4.81. The third-order valence-corrected chi connectivity index (χ3v) is 3.34. The number of carboxylic acids is 1. The molecule has 0 fully saturated rings. The molecule has 110 valence electrons. The van der Waals surface area contributed by atoms with E-state index in [9.17, 15) is 9.59 Å². The Balaban J connectivity index is 2.32. The van der Waals surface area contributed by atoms with E-state index in [4.69, 9.17) is 5.11 Å². The Morgan fingerprint density at radius 2 is 1.95 bits per heavy atom. The van der Waals surface area contributed by atoms with Crippen LogP contribution in [-0.2, 0) is 16.6 Å². The maximum absolute atomic E-state index is 12.0. The first-order valence-corrected chi connectivity index (χ1v) is 6.32. The molecule has 0 aliphatic rings. The molecule has 0 aliphatic heterocycles. The van der Waals surface area contributed by atoms with E-state index in [2.05, 4.69) is 15.4 Å². The summed E-state index contributed by atoms with van der Waals surface area (Å²) in [5.41, 5.74) is 2.20. The van der Waals surface area contributed by atoms with Crippen LogP contribution >= 0.6 is 0 Å². The number of carboxylic acid groups (broad SMARTS) is 1. The van der Waals surface area contributed by atoms with Crippen molar-refractivity contribution >= 4 is 28.6 Å². The van der Waals surface area contributed by atoms with Crippen LogP contribution in [0.4, 0.5) is 5.69 Å². The minimum Gasteiger partial charge on any atom is -0.478 e. The minimum atomic E-state index is -1.11. The first-order valence-electron chi connectivity index (χ1n) is 6.32. The summed E-state index contributed by atoms with van der Waals surface area (Å²) < 4.78 is 1.66. The molecule has 0 saturated carbocycles. The van der Waals surface area contributed by atoms with E-state index in [1.165, 1.54) is 20.0 Å². The van der Waals surface area contributed by atoms with Crippen LogP contribution in [0.25, 0.3) is 11.0 Å². The number of carbonyl (C=O) groups is 2. The van der Waals surface area contributed by atoms with Gasteiger partial charge in [-0.05, 0) is 26.8 Å². The van der Waals surface area contributed by atoms with Crippen LogP contribution in [0.2, 0.25) is 0 Å². The van der Waals surface area contributed by atoms with E-state index in [-0.39, 0.29) is 11.1 Å². The fourth-order valence-electron chi connectivity index (χ4n) is 1.93. The van der Waals surface area contributed by atoms with Gasteiger partial charge >= 0.3 is 5.97 Å². The number of rotatable bonds is 3. The van der Waals surface area contributed by atoms with E-state index in [1.54, 1.807) is 17.8 Å². The van der Waals surface area contributed by atoms with Crippen molar-refractivity contribution in [2.45, 2.75) is 20.8 Å². The fourth-order valence-corrected chi connectivity index (χ4v) is 1.93. The second-order valence-electron chi connectivity index (χ2n) is 4.81. The number of anilines is 1. The van der Waals surface area contributed by atoms with Crippen LogP contribution in [-0.4, -0.2) is 31.7 Å². The summed E-state index contributed by atoms with van der Waals surface area (Å²) in [5.74, 6) is -1.57. The lowest BCUT2D eigenvalue weighted by molar-refractivity contribution is -0.133. The van der Waals surface area contributed by atoms with Crippen LogP contribution in [0.1, 0.15) is 19.5 Å². The molecule has 0 aromatic carbocycles. The lowest BCUT2D eigenvalue weighted by Crippen LogP contribution is -2.16. The van der Waals surface area contributed by atoms with Crippen LogP contribution in [0.5, 0.6) is 0 Å². The molecule has 2 heterocycles. The number of fused-ring (bicyclic) bond motifs is 1. The van der Waals surface area contributed by atoms with Gasteiger partial charge < -0.3 is 10.4 Å². The number of hydrogen-bond donors (Lipinski definition) is 2. The number of aryl methyl sites for hydroxylation is 2. The molecule has 2 aromatic rings. The van der Waals surface area contributed by atoms with Crippen molar-refractivity contribution in [1.29, 1.82) is 0 Å². The van der Waals surface area contributed by atoms with E-state index < -0.39 is 11.9 Å². The second kappa shape index (κ2) is 5.35. The summed E-state index contributed by atoms with van der Waals surface area (Å²) in [6.07, 6.45) is 1.52. The molecular weight excluding hydrogens is 272 g/mol. The van der Waals surface area contributed by atoms with Gasteiger partial charge in [-0.2, -0.15) is 5.10 Å². The summed E-state index contributed by atoms with van der Waals surface area (Å²) in [7, 11) is 1.80. The maximum Gasteiger partial charge on any atom is 0.331 e. The van der Waals surface area contributed by atoms with Gasteiger partial charge in [0.15, 0.2) is 5.65 Å². The lowest BCUT2D eigenvalue weighted by Gasteiger charge is -2.07. The quantitative estimate of drug-likeness (QED) is 0.837. The number of hydrogen-bond acceptors (Lipinski definition) is 4. The SMILES string of the molecule is CC(C(=O)O)=C(C)C(=O)Nc1cnc2c(c1)c(C)nn2C. The molecule has 1 amide bonds. The summed E-state index contributed by atoms with van der Waals surface area (Å²) in [5, 5.41) is 16.6. The van der Waals surface area contributed by atoms with Gasteiger partial charge in [0, 0.05) is 23.6 Å². The van der Waals surface area contributed by atoms with Gasteiger partial charge in [-0.15, -0.1) is 0 Å². The Kier molecular flexibility index (Phi) is 3.75. The number of nitrogens with zero attached hydrogens (tertiary/aromatic N) is 3. The Morgan fingerprint density at radius 3 is 2.57 bits per heavy atom. The van der Waals surface area contributed by atoms with Crippen molar-refractivity contribution in [3.8, 4) is 0 Å². The molecule has 21 heavy (non-hydrogen) atoms. The summed E-state index contributed by atoms with van der Waals surface area (Å²) >= 11 is 0. The maximum atomic E-state index is 12.0. The van der Waals surface area contributed by atoms with Crippen molar-refractivity contribution in [3.63, 3.8) is 0 Å². The van der Waals surface area contributed by atoms with Crippen molar-refractivity contribution in [2.75, 3.05) is 5.32 Å². The molecular formula is C14H16N4O3. The molecule has 0 atom stereocenters. The number of carbonyl (C=O) groups excluding carboxylic acids is 1. The third kappa shape index (κ3) is 2.76. The van der Waals surface area contributed by atoms with Gasteiger partial charge in [-0.1, -0.05) is 0 Å². The number of aromatic nitrogens is 3. The summed E-state index contributed by atoms with van der Waals surface area (Å²) in [6, 6.07) is 1.77. The predicted molar refractivity (Wildman–Crippen MR) is 77.9 cm³/mol. The molecule has 0 unspecified atom stereocenters. The zero-order chi connectivity index (χ0) is 15.7. The number of nitrogens with one attached hydrogen (secondary N) is 1. The predicted octanol–water partition coefficient (Wildman–Crippen LogP) is 1.64. The van der Waals surface area contributed by atoms with E-state index in [0.29, 0.717) is 5.69 Å². The molecule has 0 spiro atoms. The molecule has 2 rings (SSSR count). The van der Waals surface area contributed by atoms with Crippen LogP contribution in [0.3, 0.4) is 0 Å². The number of pyridine rings is 1. The van der Waals surface area contributed by atoms with Gasteiger partial charge in [-0.25, -0.2) is 9.78 Å². The largest absolute Gasteiger partial charge is 0.478 e. The van der Waals surface area contributed by atoms with Crippen LogP contribution in [0.15, 0.2) is 23.4 Å². The smallest absolute Gasteiger partial charge is 0.331 e. The molecule has 0 bridgehead atoms. The molecule has 2 N–H and O–H groups in total. The highest BCUT2D eigenvalue weighted by molar-refractivity contribution is 6.08. The number of aliphatic carboxylic acids is 1. The van der Waals surface area contributed by atoms with Crippen molar-refractivity contribution in [2.24, 2.45) is 7.05 Å². The summed E-state index contributed by atoms with van der Waals surface area (Å²) in [6.45, 7) is 4.72. The minimum absolute atomic E-state index is 0.0131. The van der Waals surface area contributed by atoms with Crippen molar-refractivity contribution in [1.82, 2.24) is 14.8 Å². The molecule has 0 aliphatic carbocycles. The first-order chi connectivity index (χ1) is 9.81. The average molecular weight is 288 g/mol. The fraction of sp³-hybridized carbons (Fsp3) is 0.286. The van der Waals surface area contributed by atoms with E-state index in [0.717, 1.165) is 16.7 Å². The van der Waals surface area contributed by atoms with Crippen molar-refractivity contribution in [3.05, 3.63) is 29.1 Å². The Labute approximate surface area is 121 Å². The molecule has 0 radical (unpaired) electrons.